The molecule has 0 aliphatic rings. The molecule has 0 heterocycles. The average Bonchev–Trinajstić information content (AvgIpc) is 2.23. The lowest BCUT2D eigenvalue weighted by Gasteiger charge is -2.26. The van der Waals surface area contributed by atoms with Crippen molar-refractivity contribution in [2.75, 3.05) is 5.73 Å². The molecule has 1 aromatic rings. The topological polar surface area (TPSA) is 43.1 Å². The number of nitrogens with two attached hydrogens (primary N) is 1. The smallest absolute Gasteiger partial charge is 0.232 e. The summed E-state index contributed by atoms with van der Waals surface area (Å²) in [4.78, 5) is 11.3. The summed E-state index contributed by atoms with van der Waals surface area (Å²) in [6.45, 7) is 3.10. The van der Waals surface area contributed by atoms with Crippen LogP contribution in [0.4, 0.5) is 14.5 Å². The van der Waals surface area contributed by atoms with Crippen LogP contribution in [-0.2, 0) is 10.2 Å². The van der Waals surface area contributed by atoms with E-state index in [9.17, 15) is 13.6 Å². The van der Waals surface area contributed by atoms with Crippen LogP contribution >= 0.6 is 11.6 Å². The highest BCUT2D eigenvalue weighted by Gasteiger charge is 2.37. The summed E-state index contributed by atoms with van der Waals surface area (Å²) >= 11 is 5.43. The zero-order chi connectivity index (χ0) is 12.5. The minimum atomic E-state index is -1.31. The van der Waals surface area contributed by atoms with Crippen LogP contribution in [0, 0.1) is 11.6 Å². The van der Waals surface area contributed by atoms with E-state index in [2.05, 4.69) is 0 Å². The van der Waals surface area contributed by atoms with Crippen molar-refractivity contribution in [3.63, 3.8) is 0 Å². The first-order chi connectivity index (χ1) is 7.34. The van der Waals surface area contributed by atoms with Crippen molar-refractivity contribution >= 4 is 22.5 Å². The maximum atomic E-state index is 13.6. The van der Waals surface area contributed by atoms with Crippen LogP contribution in [0.25, 0.3) is 0 Å². The van der Waals surface area contributed by atoms with Crippen LogP contribution in [0.3, 0.4) is 0 Å². The first-order valence-corrected chi connectivity index (χ1v) is 5.16. The number of rotatable bonds is 3. The molecule has 0 radical (unpaired) electrons. The van der Waals surface area contributed by atoms with Gasteiger partial charge in [0.15, 0.2) is 11.6 Å². The fraction of sp³-hybridized carbons (Fsp3) is 0.364. The number of benzene rings is 1. The molecule has 1 rings (SSSR count). The van der Waals surface area contributed by atoms with Gasteiger partial charge < -0.3 is 5.73 Å². The zero-order valence-corrected chi connectivity index (χ0v) is 9.74. The second-order valence-electron chi connectivity index (χ2n) is 3.78. The number of halogens is 3. The van der Waals surface area contributed by atoms with Gasteiger partial charge >= 0.3 is 0 Å². The lowest BCUT2D eigenvalue weighted by atomic mass is 9.80. The molecule has 0 spiro atoms. The molecule has 0 saturated heterocycles. The largest absolute Gasteiger partial charge is 0.398 e. The van der Waals surface area contributed by atoms with Gasteiger partial charge in [0.2, 0.25) is 5.24 Å². The molecular weight excluding hydrogens is 236 g/mol. The Morgan fingerprint density at radius 1 is 1.50 bits per heavy atom. The fourth-order valence-corrected chi connectivity index (χ4v) is 1.77. The van der Waals surface area contributed by atoms with Gasteiger partial charge in [-0.05, 0) is 37.1 Å². The van der Waals surface area contributed by atoms with E-state index in [0.717, 1.165) is 6.07 Å². The first-order valence-electron chi connectivity index (χ1n) is 4.78. The van der Waals surface area contributed by atoms with Crippen molar-refractivity contribution in [1.82, 2.24) is 0 Å². The molecule has 0 aliphatic heterocycles. The van der Waals surface area contributed by atoms with Crippen LogP contribution in [-0.4, -0.2) is 5.24 Å². The van der Waals surface area contributed by atoms with Gasteiger partial charge in [0.1, 0.15) is 0 Å². The predicted molar refractivity (Wildman–Crippen MR) is 59.3 cm³/mol. The summed E-state index contributed by atoms with van der Waals surface area (Å²) in [6.07, 6.45) is 0.236. The van der Waals surface area contributed by atoms with E-state index in [1.807, 2.05) is 0 Å². The Labute approximate surface area is 97.4 Å². The van der Waals surface area contributed by atoms with Crippen molar-refractivity contribution in [1.29, 1.82) is 0 Å². The van der Waals surface area contributed by atoms with Crippen LogP contribution in [0.5, 0.6) is 0 Å². The van der Waals surface area contributed by atoms with Gasteiger partial charge in [0, 0.05) is 11.3 Å². The molecule has 1 aromatic carbocycles. The molecule has 0 amide bonds. The van der Waals surface area contributed by atoms with Crippen LogP contribution in [0.1, 0.15) is 25.8 Å². The third kappa shape index (κ3) is 1.89. The van der Waals surface area contributed by atoms with Crippen molar-refractivity contribution in [2.24, 2.45) is 0 Å². The summed E-state index contributed by atoms with van der Waals surface area (Å²) in [6, 6.07) is 2.14. The third-order valence-electron chi connectivity index (χ3n) is 2.82. The first kappa shape index (κ1) is 12.9. The lowest BCUT2D eigenvalue weighted by Crippen LogP contribution is -2.31. The number of carbonyl (C=O) groups excluding carboxylic acids is 1. The molecule has 0 fully saturated rings. The Kier molecular flexibility index (Phi) is 3.53. The van der Waals surface area contributed by atoms with Crippen LogP contribution in [0.15, 0.2) is 12.1 Å². The van der Waals surface area contributed by atoms with Crippen LogP contribution < -0.4 is 5.73 Å². The molecule has 2 nitrogen and oxygen atoms in total. The van der Waals surface area contributed by atoms with E-state index in [0.29, 0.717) is 0 Å². The van der Waals surface area contributed by atoms with E-state index in [1.165, 1.54) is 13.0 Å². The number of nitrogen functional groups attached to an aromatic ring is 1. The third-order valence-corrected chi connectivity index (χ3v) is 3.24. The molecule has 0 bridgehead atoms. The van der Waals surface area contributed by atoms with E-state index in [4.69, 9.17) is 17.3 Å². The lowest BCUT2D eigenvalue weighted by molar-refractivity contribution is -0.116. The summed E-state index contributed by atoms with van der Waals surface area (Å²) in [5.41, 5.74) is 4.12. The van der Waals surface area contributed by atoms with E-state index in [1.54, 1.807) is 6.92 Å². The quantitative estimate of drug-likeness (QED) is 0.659. The number of hydrogen-bond acceptors (Lipinski definition) is 2. The Hall–Kier alpha value is -1.16. The van der Waals surface area contributed by atoms with E-state index >= 15 is 0 Å². The monoisotopic (exact) mass is 247 g/mol. The molecule has 1 unspecified atom stereocenters. The molecule has 1 atom stereocenters. The van der Waals surface area contributed by atoms with Crippen molar-refractivity contribution < 1.29 is 13.6 Å². The second kappa shape index (κ2) is 4.37. The standard InChI is InChI=1S/C11H12ClF2NO/c1-3-11(2,10(12)16)8-7(15)5-4-6(13)9(8)14/h4-5H,3,15H2,1-2H3. The SMILES string of the molecule is CCC(C)(C(=O)Cl)c1c(N)ccc(F)c1F. The molecule has 0 aliphatic carbocycles. The summed E-state index contributed by atoms with van der Waals surface area (Å²) in [5, 5.41) is -0.758. The number of hydrogen-bond donors (Lipinski definition) is 1. The maximum absolute atomic E-state index is 13.6. The average molecular weight is 248 g/mol. The maximum Gasteiger partial charge on any atom is 0.232 e. The van der Waals surface area contributed by atoms with Gasteiger partial charge in [0.25, 0.3) is 0 Å². The van der Waals surface area contributed by atoms with Crippen molar-refractivity contribution in [2.45, 2.75) is 25.7 Å². The summed E-state index contributed by atoms with van der Waals surface area (Å²) in [7, 11) is 0. The molecule has 5 heteroatoms. The molecule has 2 N–H and O–H groups in total. The number of carbonyl (C=O) groups is 1. The highest BCUT2D eigenvalue weighted by Crippen LogP contribution is 2.36. The van der Waals surface area contributed by atoms with E-state index in [-0.39, 0.29) is 17.7 Å². The second-order valence-corrected chi connectivity index (χ2v) is 4.13. The minimum Gasteiger partial charge on any atom is -0.398 e. The van der Waals surface area contributed by atoms with Gasteiger partial charge in [-0.1, -0.05) is 6.92 Å². The molecule has 88 valence electrons. The van der Waals surface area contributed by atoms with Crippen molar-refractivity contribution in [3.8, 4) is 0 Å². The molecule has 0 saturated carbocycles. The van der Waals surface area contributed by atoms with Crippen molar-refractivity contribution in [3.05, 3.63) is 29.3 Å². The molecular formula is C11H12ClF2NO. The Bertz CT molecular complexity index is 436. The Balaban J connectivity index is 3.53. The Morgan fingerprint density at radius 3 is 2.50 bits per heavy atom. The van der Waals surface area contributed by atoms with Gasteiger partial charge in [-0.25, -0.2) is 8.78 Å². The fourth-order valence-electron chi connectivity index (χ4n) is 1.54. The van der Waals surface area contributed by atoms with Crippen LogP contribution in [0.2, 0.25) is 0 Å². The van der Waals surface area contributed by atoms with Gasteiger partial charge in [-0.15, -0.1) is 0 Å². The predicted octanol–water partition coefficient (Wildman–Crippen LogP) is 2.98. The Morgan fingerprint density at radius 2 is 2.06 bits per heavy atom. The molecule has 0 aromatic heterocycles. The van der Waals surface area contributed by atoms with Gasteiger partial charge in [-0.3, -0.25) is 4.79 Å². The zero-order valence-electron chi connectivity index (χ0n) is 8.98. The summed E-state index contributed by atoms with van der Waals surface area (Å²) in [5.74, 6) is -2.15. The highest BCUT2D eigenvalue weighted by atomic mass is 35.5. The number of anilines is 1. The molecule has 16 heavy (non-hydrogen) atoms. The van der Waals surface area contributed by atoms with E-state index < -0.39 is 22.3 Å². The van der Waals surface area contributed by atoms with Gasteiger partial charge in [0.05, 0.1) is 5.41 Å². The normalized spacial score (nSPS) is 14.6. The van der Waals surface area contributed by atoms with Gasteiger partial charge in [-0.2, -0.15) is 0 Å². The highest BCUT2D eigenvalue weighted by molar-refractivity contribution is 6.65. The summed E-state index contributed by atoms with van der Waals surface area (Å²) < 4.78 is 26.7. The minimum absolute atomic E-state index is 0.0252.